The molecule has 11 heavy (non-hydrogen) atoms. The monoisotopic (exact) mass is 156 g/mol. The maximum Gasteiger partial charge on any atom is 0.376 e. The van der Waals surface area contributed by atoms with E-state index in [0.717, 1.165) is 12.2 Å². The quantitative estimate of drug-likeness (QED) is 0.465. The molecule has 0 heterocycles. The molecule has 4 heteroatoms. The molecule has 0 saturated carbocycles. The molecular formula is C7H8O4. The second-order valence-corrected chi connectivity index (χ2v) is 1.82. The summed E-state index contributed by atoms with van der Waals surface area (Å²) in [5.74, 6) is -2.89. The molecule has 0 radical (unpaired) electrons. The van der Waals surface area contributed by atoms with Gasteiger partial charge in [0.2, 0.25) is 0 Å². The molecule has 0 aliphatic heterocycles. The third kappa shape index (κ3) is 4.02. The average Bonchev–Trinajstić information content (AvgIpc) is 1.99. The van der Waals surface area contributed by atoms with Crippen molar-refractivity contribution in [1.29, 1.82) is 0 Å². The number of carbonyl (C=O) groups excluding carboxylic acids is 2. The van der Waals surface area contributed by atoms with Crippen LogP contribution in [-0.2, 0) is 14.4 Å². The van der Waals surface area contributed by atoms with Crippen molar-refractivity contribution in [2.75, 3.05) is 0 Å². The number of aliphatic carboxylic acids is 1. The van der Waals surface area contributed by atoms with Crippen molar-refractivity contribution in [3.8, 4) is 0 Å². The Labute approximate surface area is 63.5 Å². The predicted octanol–water partition coefficient (Wildman–Crippen LogP) is 0.175. The van der Waals surface area contributed by atoms with Gasteiger partial charge in [0.25, 0.3) is 5.78 Å². The van der Waals surface area contributed by atoms with Gasteiger partial charge in [0.1, 0.15) is 0 Å². The van der Waals surface area contributed by atoms with Crippen LogP contribution in [0.25, 0.3) is 0 Å². The number of carbonyl (C=O) groups is 3. The summed E-state index contributed by atoms with van der Waals surface area (Å²) < 4.78 is 0. The normalized spacial score (nSPS) is 9.91. The van der Waals surface area contributed by atoms with E-state index >= 15 is 0 Å². The Hall–Kier alpha value is -1.45. The van der Waals surface area contributed by atoms with Gasteiger partial charge in [-0.3, -0.25) is 9.59 Å². The maximum atomic E-state index is 10.5. The summed E-state index contributed by atoms with van der Waals surface area (Å²) in [6, 6.07) is 0. The Morgan fingerprint density at radius 3 is 2.18 bits per heavy atom. The Kier molecular flexibility index (Phi) is 3.80. The summed E-state index contributed by atoms with van der Waals surface area (Å²) in [6.45, 7) is 1.62. The molecule has 0 bridgehead atoms. The maximum absolute atomic E-state index is 10.5. The van der Waals surface area contributed by atoms with Crippen LogP contribution in [-0.4, -0.2) is 22.6 Å². The van der Waals surface area contributed by atoms with Crippen LogP contribution in [0.3, 0.4) is 0 Å². The average molecular weight is 156 g/mol. The summed E-state index contributed by atoms with van der Waals surface area (Å²) in [7, 11) is 0. The SMILES string of the molecule is CCC(=O)C=CC(=O)C(=O)O. The molecule has 0 amide bonds. The molecule has 0 spiro atoms. The Balaban J connectivity index is 4.04. The minimum atomic E-state index is -1.55. The van der Waals surface area contributed by atoms with Gasteiger partial charge in [-0.2, -0.15) is 0 Å². The highest BCUT2D eigenvalue weighted by Crippen LogP contribution is 1.84. The Bertz CT molecular complexity index is 214. The molecule has 0 aliphatic carbocycles. The Morgan fingerprint density at radius 2 is 1.82 bits per heavy atom. The largest absolute Gasteiger partial charge is 0.475 e. The van der Waals surface area contributed by atoms with Crippen LogP contribution in [0, 0.1) is 0 Å². The van der Waals surface area contributed by atoms with E-state index in [4.69, 9.17) is 5.11 Å². The summed E-state index contributed by atoms with van der Waals surface area (Å²) in [5, 5.41) is 8.06. The number of carboxylic acids is 1. The second-order valence-electron chi connectivity index (χ2n) is 1.82. The van der Waals surface area contributed by atoms with Crippen molar-refractivity contribution in [3.63, 3.8) is 0 Å². The number of allylic oxidation sites excluding steroid dienone is 1. The van der Waals surface area contributed by atoms with Crippen molar-refractivity contribution >= 4 is 17.5 Å². The van der Waals surface area contributed by atoms with Gasteiger partial charge in [0.05, 0.1) is 0 Å². The van der Waals surface area contributed by atoms with Crippen molar-refractivity contribution in [2.45, 2.75) is 13.3 Å². The molecule has 0 aromatic rings. The first kappa shape index (κ1) is 9.55. The van der Waals surface area contributed by atoms with Crippen LogP contribution >= 0.6 is 0 Å². The number of rotatable bonds is 4. The number of hydrogen-bond acceptors (Lipinski definition) is 3. The van der Waals surface area contributed by atoms with Gasteiger partial charge in [0, 0.05) is 6.42 Å². The molecule has 0 unspecified atom stereocenters. The van der Waals surface area contributed by atoms with E-state index in [9.17, 15) is 14.4 Å². The molecule has 0 atom stereocenters. The lowest BCUT2D eigenvalue weighted by Crippen LogP contribution is -2.09. The van der Waals surface area contributed by atoms with Crippen molar-refractivity contribution < 1.29 is 19.5 Å². The molecule has 0 fully saturated rings. The fourth-order valence-corrected chi connectivity index (χ4v) is 0.358. The molecule has 0 saturated heterocycles. The second kappa shape index (κ2) is 4.38. The van der Waals surface area contributed by atoms with Crippen molar-refractivity contribution in [3.05, 3.63) is 12.2 Å². The predicted molar refractivity (Wildman–Crippen MR) is 37.1 cm³/mol. The van der Waals surface area contributed by atoms with Crippen LogP contribution < -0.4 is 0 Å². The van der Waals surface area contributed by atoms with Crippen molar-refractivity contribution in [2.24, 2.45) is 0 Å². The van der Waals surface area contributed by atoms with Crippen LogP contribution in [0.5, 0.6) is 0 Å². The first-order valence-corrected chi connectivity index (χ1v) is 3.06. The molecule has 0 rings (SSSR count). The lowest BCUT2D eigenvalue weighted by atomic mass is 10.2. The van der Waals surface area contributed by atoms with E-state index in [1.54, 1.807) is 6.92 Å². The Morgan fingerprint density at radius 1 is 1.27 bits per heavy atom. The lowest BCUT2D eigenvalue weighted by Gasteiger charge is -1.83. The zero-order chi connectivity index (χ0) is 8.85. The van der Waals surface area contributed by atoms with Gasteiger partial charge >= 0.3 is 5.97 Å². The van der Waals surface area contributed by atoms with Crippen molar-refractivity contribution in [1.82, 2.24) is 0 Å². The van der Waals surface area contributed by atoms with E-state index < -0.39 is 11.8 Å². The first-order chi connectivity index (χ1) is 5.07. The van der Waals surface area contributed by atoms with Gasteiger partial charge < -0.3 is 5.11 Å². The topological polar surface area (TPSA) is 71.4 Å². The van der Waals surface area contributed by atoms with Gasteiger partial charge in [-0.25, -0.2) is 4.79 Å². The molecular weight excluding hydrogens is 148 g/mol. The lowest BCUT2D eigenvalue weighted by molar-refractivity contribution is -0.146. The van der Waals surface area contributed by atoms with Crippen LogP contribution in [0.2, 0.25) is 0 Å². The number of carboxylic acid groups (broad SMARTS) is 1. The summed E-state index contributed by atoms with van der Waals surface area (Å²) in [6.07, 6.45) is 1.99. The highest BCUT2D eigenvalue weighted by atomic mass is 16.4. The minimum Gasteiger partial charge on any atom is -0.475 e. The summed E-state index contributed by atoms with van der Waals surface area (Å²) in [4.78, 5) is 30.7. The number of ketones is 2. The van der Waals surface area contributed by atoms with Gasteiger partial charge in [-0.05, 0) is 12.2 Å². The van der Waals surface area contributed by atoms with Gasteiger partial charge in [-0.15, -0.1) is 0 Å². The van der Waals surface area contributed by atoms with Gasteiger partial charge in [0.15, 0.2) is 5.78 Å². The summed E-state index contributed by atoms with van der Waals surface area (Å²) in [5.41, 5.74) is 0. The smallest absolute Gasteiger partial charge is 0.376 e. The van der Waals surface area contributed by atoms with Crippen LogP contribution in [0.1, 0.15) is 13.3 Å². The van der Waals surface area contributed by atoms with Crippen LogP contribution in [0.4, 0.5) is 0 Å². The van der Waals surface area contributed by atoms with Gasteiger partial charge in [-0.1, -0.05) is 6.92 Å². The molecule has 0 aliphatic rings. The third-order valence-corrected chi connectivity index (χ3v) is 0.980. The highest BCUT2D eigenvalue weighted by molar-refractivity contribution is 6.38. The summed E-state index contributed by atoms with van der Waals surface area (Å²) >= 11 is 0. The zero-order valence-electron chi connectivity index (χ0n) is 6.03. The number of hydrogen-bond donors (Lipinski definition) is 1. The molecule has 0 aromatic carbocycles. The molecule has 0 aromatic heterocycles. The van der Waals surface area contributed by atoms with E-state index in [2.05, 4.69) is 0 Å². The standard InChI is InChI=1S/C7H8O4/c1-2-5(8)3-4-6(9)7(10)11/h3-4H,2H2,1H3,(H,10,11). The minimum absolute atomic E-state index is 0.264. The van der Waals surface area contributed by atoms with E-state index in [0.29, 0.717) is 0 Å². The molecule has 4 nitrogen and oxygen atoms in total. The van der Waals surface area contributed by atoms with E-state index in [1.807, 2.05) is 0 Å². The first-order valence-electron chi connectivity index (χ1n) is 3.06. The highest BCUT2D eigenvalue weighted by Gasteiger charge is 2.05. The van der Waals surface area contributed by atoms with E-state index in [1.165, 1.54) is 0 Å². The van der Waals surface area contributed by atoms with Crippen LogP contribution in [0.15, 0.2) is 12.2 Å². The molecule has 60 valence electrons. The fraction of sp³-hybridized carbons (Fsp3) is 0.286. The third-order valence-electron chi connectivity index (χ3n) is 0.980. The van der Waals surface area contributed by atoms with E-state index in [-0.39, 0.29) is 12.2 Å². The fourth-order valence-electron chi connectivity index (χ4n) is 0.358. The zero-order valence-corrected chi connectivity index (χ0v) is 6.03. The molecule has 1 N–H and O–H groups in total.